The van der Waals surface area contributed by atoms with Gasteiger partial charge in [-0.3, -0.25) is 19.3 Å². The number of nitrogens with one attached hydrogen (secondary N) is 1. The monoisotopic (exact) mass is 536 g/mol. The summed E-state index contributed by atoms with van der Waals surface area (Å²) in [7, 11) is 0. The number of aromatic amines is 1. The molecule has 3 heterocycles. The molecule has 160 valence electrons. The smallest absolute Gasteiger partial charge is 0.323 e. The number of carbonyl (C=O) groups is 3. The quantitative estimate of drug-likeness (QED) is 0.452. The van der Waals surface area contributed by atoms with Gasteiger partial charge >= 0.3 is 5.97 Å². The van der Waals surface area contributed by atoms with E-state index in [9.17, 15) is 19.5 Å². The molecule has 2 bridgehead atoms. The molecule has 4 aliphatic rings. The van der Waals surface area contributed by atoms with Gasteiger partial charge < -0.3 is 10.1 Å². The van der Waals surface area contributed by atoms with E-state index in [-0.39, 0.29) is 40.7 Å². The Bertz CT molecular complexity index is 1210. The molecule has 1 aromatic heterocycles. The van der Waals surface area contributed by atoms with E-state index >= 15 is 0 Å². The van der Waals surface area contributed by atoms with Gasteiger partial charge in [0.15, 0.2) is 3.95 Å². The second-order valence-corrected chi connectivity index (χ2v) is 12.5. The largest absolute Gasteiger partial charge is 0.480 e. The van der Waals surface area contributed by atoms with Gasteiger partial charge in [-0.05, 0) is 54.1 Å². The third-order valence-corrected chi connectivity index (χ3v) is 10.8. The summed E-state index contributed by atoms with van der Waals surface area (Å²) < 4.78 is 1.74. The maximum atomic E-state index is 13.2. The first-order valence-electron chi connectivity index (χ1n) is 10.1. The number of hydrogen-bond acceptors (Lipinski definition) is 6. The van der Waals surface area contributed by atoms with Crippen LogP contribution in [0.1, 0.15) is 22.8 Å². The number of rotatable bonds is 3. The number of amides is 2. The molecule has 2 saturated carbocycles. The SMILES string of the molecule is O=C(O)CN1C(=O)C2C3CC(C2C1=O)C1C(c2cccc(Br)c2)c2sc(=S)[nH]c2SC31. The van der Waals surface area contributed by atoms with Crippen molar-refractivity contribution in [3.05, 3.63) is 43.1 Å². The summed E-state index contributed by atoms with van der Waals surface area (Å²) in [6.07, 6.45) is 0.843. The Hall–Kier alpha value is -1.49. The van der Waals surface area contributed by atoms with Crippen LogP contribution in [0.25, 0.3) is 0 Å². The average molecular weight is 537 g/mol. The van der Waals surface area contributed by atoms with Crippen LogP contribution in [0.3, 0.4) is 0 Å². The van der Waals surface area contributed by atoms with Crippen LogP contribution >= 0.6 is 51.2 Å². The van der Waals surface area contributed by atoms with E-state index in [0.717, 1.165) is 24.8 Å². The van der Waals surface area contributed by atoms with Crippen molar-refractivity contribution in [2.75, 3.05) is 6.54 Å². The van der Waals surface area contributed by atoms with Crippen molar-refractivity contribution in [3.8, 4) is 0 Å². The van der Waals surface area contributed by atoms with Crippen LogP contribution in [-0.2, 0) is 14.4 Å². The zero-order valence-electron chi connectivity index (χ0n) is 16.0. The Morgan fingerprint density at radius 1 is 1.26 bits per heavy atom. The molecule has 1 aromatic carbocycles. The maximum absolute atomic E-state index is 13.2. The Balaban J connectivity index is 1.46. The summed E-state index contributed by atoms with van der Waals surface area (Å²) in [6, 6.07) is 8.28. The zero-order valence-corrected chi connectivity index (χ0v) is 20.0. The van der Waals surface area contributed by atoms with Crippen LogP contribution in [-0.4, -0.2) is 44.6 Å². The summed E-state index contributed by atoms with van der Waals surface area (Å²) in [4.78, 5) is 43.0. The van der Waals surface area contributed by atoms with Gasteiger partial charge in [-0.1, -0.05) is 28.1 Å². The van der Waals surface area contributed by atoms with Gasteiger partial charge in [0, 0.05) is 20.5 Å². The molecular formula is C21H17BrN2O4S3. The standard InChI is InChI=1S/C21H17BrN2O4S3/c22-8-3-1-2-7(4-8)12-13-9-5-10(16(13)30-18-17(12)31-21(29)23-18)15-14(9)19(27)24(20(15)28)6-11(25)26/h1-4,9-10,12-16H,5-6H2,(H,23,29)(H,25,26). The molecule has 2 aliphatic heterocycles. The number of fused-ring (bicyclic) bond motifs is 9. The summed E-state index contributed by atoms with van der Waals surface area (Å²) in [5.74, 6) is -2.09. The molecule has 3 fully saturated rings. The van der Waals surface area contributed by atoms with E-state index in [2.05, 4.69) is 33.0 Å². The molecule has 2 amide bonds. The van der Waals surface area contributed by atoms with Gasteiger partial charge in [-0.2, -0.15) is 0 Å². The van der Waals surface area contributed by atoms with Crippen LogP contribution in [0.4, 0.5) is 0 Å². The van der Waals surface area contributed by atoms with Gasteiger partial charge in [0.1, 0.15) is 6.54 Å². The number of imide groups is 1. The van der Waals surface area contributed by atoms with Gasteiger partial charge in [-0.25, -0.2) is 0 Å². The number of carboxylic acid groups (broad SMARTS) is 1. The van der Waals surface area contributed by atoms with Gasteiger partial charge in [0.25, 0.3) is 0 Å². The Labute approximate surface area is 199 Å². The first-order chi connectivity index (χ1) is 14.8. The second-order valence-electron chi connectivity index (χ2n) is 8.67. The molecular weight excluding hydrogens is 520 g/mol. The van der Waals surface area contributed by atoms with E-state index in [1.807, 2.05) is 12.1 Å². The highest BCUT2D eigenvalue weighted by molar-refractivity contribution is 9.10. The number of likely N-dealkylation sites (tertiary alicyclic amines) is 1. The van der Waals surface area contributed by atoms with E-state index in [4.69, 9.17) is 12.2 Å². The van der Waals surface area contributed by atoms with Gasteiger partial charge in [0.05, 0.1) is 16.9 Å². The normalized spacial score (nSPS) is 35.3. The lowest BCUT2D eigenvalue weighted by Gasteiger charge is -2.43. The van der Waals surface area contributed by atoms with Crippen LogP contribution in [0.15, 0.2) is 33.8 Å². The number of halogens is 1. The van der Waals surface area contributed by atoms with Crippen LogP contribution in [0.2, 0.25) is 0 Å². The fourth-order valence-electron chi connectivity index (χ4n) is 6.44. The second kappa shape index (κ2) is 7.00. The summed E-state index contributed by atoms with van der Waals surface area (Å²) >= 11 is 12.4. The maximum Gasteiger partial charge on any atom is 0.323 e. The third-order valence-electron chi connectivity index (χ3n) is 7.32. The van der Waals surface area contributed by atoms with E-state index in [1.165, 1.54) is 10.4 Å². The molecule has 2 aromatic rings. The molecule has 6 nitrogen and oxygen atoms in total. The third kappa shape index (κ3) is 2.81. The average Bonchev–Trinajstić information content (AvgIpc) is 3.43. The number of carbonyl (C=O) groups excluding carboxylic acids is 2. The number of benzene rings is 1. The molecule has 31 heavy (non-hydrogen) atoms. The number of thioether (sulfide) groups is 1. The minimum absolute atomic E-state index is 0.0653. The van der Waals surface area contributed by atoms with E-state index in [0.29, 0.717) is 0 Å². The molecule has 0 spiro atoms. The molecule has 7 unspecified atom stereocenters. The van der Waals surface area contributed by atoms with Gasteiger partial charge in [0.2, 0.25) is 11.8 Å². The van der Waals surface area contributed by atoms with E-state index in [1.54, 1.807) is 23.1 Å². The highest BCUT2D eigenvalue weighted by atomic mass is 79.9. The first kappa shape index (κ1) is 20.1. The number of carboxylic acids is 1. The molecule has 2 aliphatic carbocycles. The lowest BCUT2D eigenvalue weighted by molar-refractivity contribution is -0.149. The zero-order chi connectivity index (χ0) is 21.6. The molecule has 6 rings (SSSR count). The Kier molecular flexibility index (Phi) is 4.55. The van der Waals surface area contributed by atoms with Crippen LogP contribution < -0.4 is 0 Å². The van der Waals surface area contributed by atoms with E-state index < -0.39 is 24.3 Å². The number of hydrogen-bond donors (Lipinski definition) is 2. The topological polar surface area (TPSA) is 90.5 Å². The highest BCUT2D eigenvalue weighted by Crippen LogP contribution is 2.68. The van der Waals surface area contributed by atoms with Crippen molar-refractivity contribution in [3.63, 3.8) is 0 Å². The minimum Gasteiger partial charge on any atom is -0.480 e. The molecule has 7 atom stereocenters. The number of nitrogens with zero attached hydrogens (tertiary/aromatic N) is 1. The summed E-state index contributed by atoms with van der Waals surface area (Å²) in [5, 5.41) is 10.5. The Morgan fingerprint density at radius 2 is 2.00 bits per heavy atom. The summed E-state index contributed by atoms with van der Waals surface area (Å²) in [6.45, 7) is -0.540. The molecule has 0 radical (unpaired) electrons. The summed E-state index contributed by atoms with van der Waals surface area (Å²) in [5.41, 5.74) is 1.18. The van der Waals surface area contributed by atoms with Crippen LogP contribution in [0, 0.1) is 33.5 Å². The van der Waals surface area contributed by atoms with Crippen molar-refractivity contribution in [2.45, 2.75) is 22.6 Å². The number of aromatic nitrogens is 1. The van der Waals surface area contributed by atoms with Crippen molar-refractivity contribution >= 4 is 69.0 Å². The predicted octanol–water partition coefficient (Wildman–Crippen LogP) is 4.13. The highest BCUT2D eigenvalue weighted by Gasteiger charge is 2.69. The number of aliphatic carboxylic acids is 1. The lowest BCUT2D eigenvalue weighted by Crippen LogP contribution is -2.42. The van der Waals surface area contributed by atoms with Gasteiger partial charge in [-0.15, -0.1) is 23.1 Å². The number of H-pyrrole nitrogens is 1. The number of thiazole rings is 1. The van der Waals surface area contributed by atoms with Crippen molar-refractivity contribution < 1.29 is 19.5 Å². The molecule has 2 N–H and O–H groups in total. The minimum atomic E-state index is -1.15. The Morgan fingerprint density at radius 3 is 2.71 bits per heavy atom. The fraction of sp³-hybridized carbons (Fsp3) is 0.429. The fourth-order valence-corrected chi connectivity index (χ4v) is 10.2. The van der Waals surface area contributed by atoms with Crippen LogP contribution in [0.5, 0.6) is 0 Å². The molecule has 1 saturated heterocycles. The predicted molar refractivity (Wildman–Crippen MR) is 122 cm³/mol. The first-order valence-corrected chi connectivity index (χ1v) is 13.0. The van der Waals surface area contributed by atoms with Crippen molar-refractivity contribution in [2.24, 2.45) is 29.6 Å². The van der Waals surface area contributed by atoms with Crippen molar-refractivity contribution in [1.29, 1.82) is 0 Å². The lowest BCUT2D eigenvalue weighted by atomic mass is 9.68. The van der Waals surface area contributed by atoms with Crippen molar-refractivity contribution in [1.82, 2.24) is 9.88 Å². The molecule has 10 heteroatoms.